The first-order valence-electron chi connectivity index (χ1n) is 6.54. The summed E-state index contributed by atoms with van der Waals surface area (Å²) in [6, 6.07) is 7.53. The van der Waals surface area contributed by atoms with Gasteiger partial charge in [0.1, 0.15) is 0 Å². The van der Waals surface area contributed by atoms with Crippen molar-refractivity contribution in [1.82, 2.24) is 4.90 Å². The maximum atomic E-state index is 12.6. The van der Waals surface area contributed by atoms with Gasteiger partial charge in [0.25, 0.3) is 5.91 Å². The van der Waals surface area contributed by atoms with Gasteiger partial charge in [-0.25, -0.2) is 0 Å². The van der Waals surface area contributed by atoms with Crippen molar-refractivity contribution < 1.29 is 9.53 Å². The summed E-state index contributed by atoms with van der Waals surface area (Å²) < 4.78 is 5.72. The highest BCUT2D eigenvalue weighted by atomic mass is 16.5. The number of nitrogen functional groups attached to an aromatic ring is 1. The molecule has 0 bridgehead atoms. The molecule has 1 aromatic rings. The molecule has 1 saturated heterocycles. The molecule has 2 N–H and O–H groups in total. The molecular weight excluding hydrogens is 228 g/mol. The Kier molecular flexibility index (Phi) is 2.96. The number of hydrogen-bond donors (Lipinski definition) is 1. The molecule has 2 atom stereocenters. The molecule has 18 heavy (non-hydrogen) atoms. The van der Waals surface area contributed by atoms with Crippen molar-refractivity contribution in [3.8, 4) is 0 Å². The minimum Gasteiger partial charge on any atom is -0.398 e. The van der Waals surface area contributed by atoms with Gasteiger partial charge in [0.2, 0.25) is 0 Å². The number of nitrogens with two attached hydrogens (primary N) is 1. The first kappa shape index (κ1) is 11.5. The number of amides is 1. The number of morpholine rings is 1. The zero-order chi connectivity index (χ0) is 12.5. The molecule has 4 nitrogen and oxygen atoms in total. The van der Waals surface area contributed by atoms with E-state index < -0.39 is 0 Å². The van der Waals surface area contributed by atoms with E-state index in [4.69, 9.17) is 10.5 Å². The lowest BCUT2D eigenvalue weighted by Gasteiger charge is -2.37. The van der Waals surface area contributed by atoms with Gasteiger partial charge >= 0.3 is 0 Å². The number of ether oxygens (including phenoxy) is 1. The van der Waals surface area contributed by atoms with E-state index in [1.807, 2.05) is 17.0 Å². The van der Waals surface area contributed by atoms with E-state index in [9.17, 15) is 4.79 Å². The van der Waals surface area contributed by atoms with Crippen molar-refractivity contribution in [3.05, 3.63) is 29.8 Å². The van der Waals surface area contributed by atoms with Gasteiger partial charge in [0, 0.05) is 12.2 Å². The van der Waals surface area contributed by atoms with Crippen LogP contribution in [0, 0.1) is 0 Å². The van der Waals surface area contributed by atoms with Gasteiger partial charge in [-0.1, -0.05) is 12.1 Å². The van der Waals surface area contributed by atoms with Crippen molar-refractivity contribution in [2.75, 3.05) is 18.9 Å². The van der Waals surface area contributed by atoms with Crippen LogP contribution in [-0.2, 0) is 4.74 Å². The van der Waals surface area contributed by atoms with Crippen LogP contribution in [0.5, 0.6) is 0 Å². The molecule has 2 aliphatic rings. The highest BCUT2D eigenvalue weighted by molar-refractivity contribution is 5.99. The van der Waals surface area contributed by atoms with Crippen LogP contribution in [0.15, 0.2) is 24.3 Å². The van der Waals surface area contributed by atoms with E-state index in [1.54, 1.807) is 12.1 Å². The molecule has 96 valence electrons. The van der Waals surface area contributed by atoms with Crippen LogP contribution in [0.1, 0.15) is 29.6 Å². The fraction of sp³-hybridized carbons (Fsp3) is 0.500. The summed E-state index contributed by atoms with van der Waals surface area (Å²) in [5, 5.41) is 0. The fourth-order valence-corrected chi connectivity index (χ4v) is 3.02. The standard InChI is InChI=1S/C14H18N2O2/c15-11-5-2-1-4-10(11)14(17)16-8-9-18-13-7-3-6-12(13)16/h1-2,4-5,12-13H,3,6-9,15H2. The predicted octanol–water partition coefficient (Wildman–Crippen LogP) is 1.66. The molecule has 2 unspecified atom stereocenters. The summed E-state index contributed by atoms with van der Waals surface area (Å²) in [5.41, 5.74) is 7.06. The molecule has 1 aliphatic carbocycles. The second kappa shape index (κ2) is 4.61. The van der Waals surface area contributed by atoms with Gasteiger partial charge in [-0.15, -0.1) is 0 Å². The van der Waals surface area contributed by atoms with Crippen molar-refractivity contribution >= 4 is 11.6 Å². The van der Waals surface area contributed by atoms with Crippen molar-refractivity contribution in [2.24, 2.45) is 0 Å². The topological polar surface area (TPSA) is 55.6 Å². The largest absolute Gasteiger partial charge is 0.398 e. The van der Waals surface area contributed by atoms with Crippen molar-refractivity contribution in [1.29, 1.82) is 0 Å². The summed E-state index contributed by atoms with van der Waals surface area (Å²) >= 11 is 0. The molecule has 2 fully saturated rings. The lowest BCUT2D eigenvalue weighted by atomic mass is 10.1. The Balaban J connectivity index is 1.86. The molecule has 0 aromatic heterocycles. The highest BCUT2D eigenvalue weighted by Crippen LogP contribution is 2.31. The van der Waals surface area contributed by atoms with Gasteiger partial charge in [-0.05, 0) is 31.4 Å². The number of hydrogen-bond acceptors (Lipinski definition) is 3. The number of fused-ring (bicyclic) bond motifs is 1. The lowest BCUT2D eigenvalue weighted by molar-refractivity contribution is -0.0445. The second-order valence-corrected chi connectivity index (χ2v) is 4.99. The Hall–Kier alpha value is -1.55. The third-order valence-electron chi connectivity index (χ3n) is 3.93. The van der Waals surface area contributed by atoms with E-state index >= 15 is 0 Å². The summed E-state index contributed by atoms with van der Waals surface area (Å²) in [7, 11) is 0. The molecule has 1 aliphatic heterocycles. The molecule has 0 spiro atoms. The van der Waals surface area contributed by atoms with Crippen LogP contribution in [0.25, 0.3) is 0 Å². The Labute approximate surface area is 107 Å². The van der Waals surface area contributed by atoms with Crippen molar-refractivity contribution in [2.45, 2.75) is 31.4 Å². The van der Waals surface area contributed by atoms with E-state index in [0.717, 1.165) is 19.3 Å². The summed E-state index contributed by atoms with van der Waals surface area (Å²) in [4.78, 5) is 14.5. The summed E-state index contributed by atoms with van der Waals surface area (Å²) in [5.74, 6) is 0.0494. The maximum Gasteiger partial charge on any atom is 0.256 e. The van der Waals surface area contributed by atoms with Crippen LogP contribution < -0.4 is 5.73 Å². The highest BCUT2D eigenvalue weighted by Gasteiger charge is 2.38. The van der Waals surface area contributed by atoms with Gasteiger partial charge in [-0.3, -0.25) is 4.79 Å². The smallest absolute Gasteiger partial charge is 0.256 e. The summed E-state index contributed by atoms with van der Waals surface area (Å²) in [6.07, 6.45) is 3.48. The maximum absolute atomic E-state index is 12.6. The van der Waals surface area contributed by atoms with Crippen molar-refractivity contribution in [3.63, 3.8) is 0 Å². The number of para-hydroxylation sites is 1. The number of carbonyl (C=O) groups is 1. The molecule has 4 heteroatoms. The SMILES string of the molecule is Nc1ccccc1C(=O)N1CCOC2CCCC21. The van der Waals surface area contributed by atoms with Gasteiger partial charge in [0.15, 0.2) is 0 Å². The van der Waals surface area contributed by atoms with E-state index in [0.29, 0.717) is 24.4 Å². The summed E-state index contributed by atoms with van der Waals surface area (Å²) in [6.45, 7) is 1.31. The number of rotatable bonds is 1. The molecule has 0 radical (unpaired) electrons. The number of carbonyl (C=O) groups excluding carboxylic acids is 1. The molecule has 1 heterocycles. The average Bonchev–Trinajstić information content (AvgIpc) is 2.86. The Morgan fingerprint density at radius 2 is 2.17 bits per heavy atom. The van der Waals surface area contributed by atoms with Gasteiger partial charge < -0.3 is 15.4 Å². The van der Waals surface area contributed by atoms with Gasteiger partial charge in [0.05, 0.1) is 24.3 Å². The number of anilines is 1. The second-order valence-electron chi connectivity index (χ2n) is 4.99. The molecular formula is C14H18N2O2. The number of benzene rings is 1. The monoisotopic (exact) mass is 246 g/mol. The number of nitrogens with zero attached hydrogens (tertiary/aromatic N) is 1. The third-order valence-corrected chi connectivity index (χ3v) is 3.93. The lowest BCUT2D eigenvalue weighted by Crippen LogP contribution is -2.51. The van der Waals surface area contributed by atoms with Gasteiger partial charge in [-0.2, -0.15) is 0 Å². The molecule has 1 saturated carbocycles. The molecule has 1 amide bonds. The Morgan fingerprint density at radius 3 is 3.00 bits per heavy atom. The fourth-order valence-electron chi connectivity index (χ4n) is 3.02. The van der Waals surface area contributed by atoms with Crippen LogP contribution in [-0.4, -0.2) is 36.1 Å². The van der Waals surface area contributed by atoms with E-state index in [1.165, 1.54) is 0 Å². The minimum absolute atomic E-state index is 0.0494. The quantitative estimate of drug-likeness (QED) is 0.767. The average molecular weight is 246 g/mol. The first-order chi connectivity index (χ1) is 8.77. The molecule has 1 aromatic carbocycles. The normalized spacial score (nSPS) is 27.0. The first-order valence-corrected chi connectivity index (χ1v) is 6.54. The van der Waals surface area contributed by atoms with Crippen LogP contribution in [0.2, 0.25) is 0 Å². The minimum atomic E-state index is 0.0494. The zero-order valence-corrected chi connectivity index (χ0v) is 10.3. The third kappa shape index (κ3) is 1.86. The Morgan fingerprint density at radius 1 is 1.33 bits per heavy atom. The Bertz CT molecular complexity index is 461. The zero-order valence-electron chi connectivity index (χ0n) is 10.3. The molecule has 3 rings (SSSR count). The van der Waals surface area contributed by atoms with Crippen LogP contribution in [0.3, 0.4) is 0 Å². The predicted molar refractivity (Wildman–Crippen MR) is 69.3 cm³/mol. The van der Waals surface area contributed by atoms with Crippen LogP contribution >= 0.6 is 0 Å². The van der Waals surface area contributed by atoms with E-state index in [2.05, 4.69) is 0 Å². The van der Waals surface area contributed by atoms with Crippen LogP contribution in [0.4, 0.5) is 5.69 Å². The van der Waals surface area contributed by atoms with E-state index in [-0.39, 0.29) is 18.1 Å².